The van der Waals surface area contributed by atoms with E-state index in [4.69, 9.17) is 37.7 Å². The minimum Gasteiger partial charge on any atom is -0.495 e. The number of aryl methyl sites for hydroxylation is 1. The number of carbonyl (C=O) groups excluding carboxylic acids is 2. The van der Waals surface area contributed by atoms with Crippen LogP contribution in [0.1, 0.15) is 16.7 Å². The van der Waals surface area contributed by atoms with E-state index in [-0.39, 0.29) is 68.9 Å². The van der Waals surface area contributed by atoms with Gasteiger partial charge in [0.1, 0.15) is 23.0 Å². The first-order valence-corrected chi connectivity index (χ1v) is 18.6. The summed E-state index contributed by atoms with van der Waals surface area (Å²) >= 11 is 13.6. The fourth-order valence-electron chi connectivity index (χ4n) is 5.98. The van der Waals surface area contributed by atoms with E-state index in [1.54, 1.807) is 55.6 Å². The van der Waals surface area contributed by atoms with Crippen molar-refractivity contribution in [2.24, 2.45) is 0 Å². The third-order valence-electron chi connectivity index (χ3n) is 8.73. The Morgan fingerprint density at radius 2 is 1.54 bits per heavy atom. The lowest BCUT2D eigenvalue weighted by molar-refractivity contribution is -0.114. The van der Waals surface area contributed by atoms with Crippen LogP contribution >= 0.6 is 23.2 Å². The zero-order valence-electron chi connectivity index (χ0n) is 32.7. The highest BCUT2D eigenvalue weighted by molar-refractivity contribution is 6.41. The molecule has 2 heterocycles. The van der Waals surface area contributed by atoms with Crippen LogP contribution in [0.25, 0.3) is 22.2 Å². The van der Waals surface area contributed by atoms with Crippen molar-refractivity contribution in [3.63, 3.8) is 0 Å². The topological polar surface area (TPSA) is 131 Å². The van der Waals surface area contributed by atoms with E-state index < -0.39 is 11.4 Å². The molecule has 1 amide bonds. The van der Waals surface area contributed by atoms with Crippen molar-refractivity contribution in [1.82, 2.24) is 24.3 Å². The molecule has 0 aliphatic rings. The first kappa shape index (κ1) is 42.5. The summed E-state index contributed by atoms with van der Waals surface area (Å²) < 4.78 is 27.1. The van der Waals surface area contributed by atoms with E-state index in [2.05, 4.69) is 15.6 Å². The molecule has 0 saturated heterocycles. The number of nitrogens with one attached hydrogen (secondary N) is 2. The van der Waals surface area contributed by atoms with Crippen LogP contribution in [0, 0.1) is 12.7 Å². The number of rotatable bonds is 16. The number of ether oxygens (including phenoxy) is 2. The van der Waals surface area contributed by atoms with Crippen molar-refractivity contribution in [2.75, 3.05) is 66.1 Å². The predicted octanol–water partition coefficient (Wildman–Crippen LogP) is 7.31. The van der Waals surface area contributed by atoms with Crippen LogP contribution in [0.5, 0.6) is 11.5 Å². The van der Waals surface area contributed by atoms with E-state index in [0.717, 1.165) is 0 Å². The monoisotopic (exact) mass is 815 g/mol. The van der Waals surface area contributed by atoms with Crippen molar-refractivity contribution in [3.05, 3.63) is 122 Å². The molecule has 5 rings (SSSR count). The molecule has 57 heavy (non-hydrogen) atoms. The lowest BCUT2D eigenvalue weighted by Crippen LogP contribution is -2.24. The number of methoxy groups -OCH3 is 2. The molecule has 2 N–H and O–H groups in total. The van der Waals surface area contributed by atoms with Gasteiger partial charge in [-0.1, -0.05) is 47.5 Å². The summed E-state index contributed by atoms with van der Waals surface area (Å²) in [5.74, 6) is -0.361. The van der Waals surface area contributed by atoms with Crippen LogP contribution in [-0.4, -0.2) is 91.5 Å². The maximum Gasteiger partial charge on any atom is 0.260 e. The number of pyridine rings is 1. The van der Waals surface area contributed by atoms with Gasteiger partial charge in [0, 0.05) is 60.2 Å². The van der Waals surface area contributed by atoms with Gasteiger partial charge in [-0.05, 0) is 88.2 Å². The number of ketones is 1. The largest absolute Gasteiger partial charge is 0.495 e. The van der Waals surface area contributed by atoms with Crippen LogP contribution in [0.2, 0.25) is 10.0 Å². The number of carbonyl (C=O) groups is 2. The zero-order valence-corrected chi connectivity index (χ0v) is 34.3. The summed E-state index contributed by atoms with van der Waals surface area (Å²) in [5, 5.41) is 6.70. The highest BCUT2D eigenvalue weighted by Gasteiger charge is 2.24. The summed E-state index contributed by atoms with van der Waals surface area (Å²) in [6, 6.07) is 12.8. The average Bonchev–Trinajstić information content (AvgIpc) is 3.15. The quantitative estimate of drug-likeness (QED) is 0.0979. The lowest BCUT2D eigenvalue weighted by atomic mass is 10.0. The minimum absolute atomic E-state index is 0.0432. The number of likely N-dealkylation sites (N-methyl/N-ethyl adjacent to an activating group) is 2. The van der Waals surface area contributed by atoms with Gasteiger partial charge in [-0.3, -0.25) is 19.0 Å². The molecule has 0 spiro atoms. The Morgan fingerprint density at radius 3 is 2.16 bits per heavy atom. The molecular weight excluding hydrogens is 772 g/mol. The Hall–Kier alpha value is -5.60. The van der Waals surface area contributed by atoms with Gasteiger partial charge in [-0.15, -0.1) is 0 Å². The molecule has 0 atom stereocenters. The second-order valence-corrected chi connectivity index (χ2v) is 14.5. The van der Waals surface area contributed by atoms with E-state index >= 15 is 0 Å². The predicted molar refractivity (Wildman–Crippen MR) is 225 cm³/mol. The molecule has 0 aliphatic carbocycles. The highest BCUT2D eigenvalue weighted by Crippen LogP contribution is 2.45. The molecular formula is C42H44Cl2FN7O5. The van der Waals surface area contributed by atoms with E-state index in [0.29, 0.717) is 46.5 Å². The molecule has 0 radical (unpaired) electrons. The van der Waals surface area contributed by atoms with Gasteiger partial charge in [0.15, 0.2) is 5.78 Å². The summed E-state index contributed by atoms with van der Waals surface area (Å²) in [4.78, 5) is 53.2. The number of amides is 1. The molecule has 0 bridgehead atoms. The van der Waals surface area contributed by atoms with Gasteiger partial charge in [0.2, 0.25) is 11.9 Å². The summed E-state index contributed by atoms with van der Waals surface area (Å²) in [6.45, 7) is 2.95. The number of aromatic nitrogens is 3. The molecule has 2 aromatic heterocycles. The van der Waals surface area contributed by atoms with E-state index in [1.807, 2.05) is 38.0 Å². The zero-order chi connectivity index (χ0) is 41.4. The molecule has 3 aromatic carbocycles. The first-order valence-electron chi connectivity index (χ1n) is 17.8. The van der Waals surface area contributed by atoms with Gasteiger partial charge >= 0.3 is 0 Å². The number of nitrogens with zero attached hydrogens (tertiary/aromatic N) is 5. The Kier molecular flexibility index (Phi) is 14.2. The maximum atomic E-state index is 14.7. The highest BCUT2D eigenvalue weighted by atomic mass is 35.5. The lowest BCUT2D eigenvalue weighted by Gasteiger charge is -2.18. The average molecular weight is 817 g/mol. The molecule has 0 saturated carbocycles. The normalized spacial score (nSPS) is 11.6. The third kappa shape index (κ3) is 10.6. The van der Waals surface area contributed by atoms with Crippen LogP contribution in [-0.2, 0) is 22.6 Å². The molecule has 0 aliphatic heterocycles. The summed E-state index contributed by atoms with van der Waals surface area (Å²) in [6.07, 6.45) is 7.93. The Bertz CT molecular complexity index is 2390. The second-order valence-electron chi connectivity index (χ2n) is 13.7. The number of anilines is 3. The smallest absolute Gasteiger partial charge is 0.260 e. The van der Waals surface area contributed by atoms with Crippen molar-refractivity contribution in [3.8, 4) is 22.6 Å². The number of hydrogen-bond acceptors (Lipinski definition) is 10. The van der Waals surface area contributed by atoms with Crippen LogP contribution in [0.3, 0.4) is 0 Å². The summed E-state index contributed by atoms with van der Waals surface area (Å²) in [7, 11) is 10.5. The van der Waals surface area contributed by atoms with Gasteiger partial charge in [0.25, 0.3) is 5.56 Å². The minimum atomic E-state index is -0.489. The fourth-order valence-corrected chi connectivity index (χ4v) is 6.69. The number of benzene rings is 3. The van der Waals surface area contributed by atoms with Crippen LogP contribution in [0.15, 0.2) is 83.8 Å². The number of halogens is 3. The van der Waals surface area contributed by atoms with Crippen molar-refractivity contribution in [2.45, 2.75) is 19.9 Å². The maximum absolute atomic E-state index is 14.7. The van der Waals surface area contributed by atoms with Gasteiger partial charge in [-0.2, -0.15) is 4.98 Å². The standard InChI is InChI=1S/C42H44Cl2FN7O5/c1-25-18-29(45)19-27(20-31(53)10-8-16-50(2)3)39(25)48-42-46-23-28-21-32(36-37(43)33(56-6)22-34(57-7)38(36)44)41(55)52(40(28)49-42)24-26-12-14-30(15-13-26)47-35(54)11-9-17-51(4)5/h8-15,18-19,21-23H,16-17,20,24H2,1-7H3,(H,47,54)(H,46,48,49)/b10-8+,11-9+. The Morgan fingerprint density at radius 1 is 0.912 bits per heavy atom. The Labute approximate surface area is 340 Å². The summed E-state index contributed by atoms with van der Waals surface area (Å²) in [5.41, 5.74) is 2.81. The SMILES string of the molecule is COc1cc(OC)c(Cl)c(-c2cc3cnc(Nc4c(C)cc(F)cc4CC(=O)/C=C/CN(C)C)nc3n(Cc3ccc(NC(=O)/C=C/CN(C)C)cc3)c2=O)c1Cl. The van der Waals surface area contributed by atoms with E-state index in [9.17, 15) is 18.8 Å². The first-order chi connectivity index (χ1) is 27.2. The molecule has 0 unspecified atom stereocenters. The van der Waals surface area contributed by atoms with E-state index in [1.165, 1.54) is 49.1 Å². The van der Waals surface area contributed by atoms with Crippen molar-refractivity contribution in [1.29, 1.82) is 0 Å². The van der Waals surface area contributed by atoms with Crippen molar-refractivity contribution < 1.29 is 23.5 Å². The molecule has 0 fully saturated rings. The molecule has 5 aromatic rings. The van der Waals surface area contributed by atoms with Crippen LogP contribution < -0.4 is 25.7 Å². The molecule has 15 heteroatoms. The molecule has 298 valence electrons. The number of fused-ring (bicyclic) bond motifs is 1. The fraction of sp³-hybridized carbons (Fsp3) is 0.262. The van der Waals surface area contributed by atoms with Gasteiger partial charge in [-0.25, -0.2) is 9.37 Å². The van der Waals surface area contributed by atoms with Gasteiger partial charge in [0.05, 0.1) is 36.4 Å². The van der Waals surface area contributed by atoms with Crippen LogP contribution in [0.4, 0.5) is 21.7 Å². The second kappa shape index (κ2) is 19.0. The van der Waals surface area contributed by atoms with Crippen molar-refractivity contribution >= 4 is 63.2 Å². The van der Waals surface area contributed by atoms with Gasteiger partial charge < -0.3 is 29.9 Å². The Balaban J connectivity index is 1.60. The number of hydrogen-bond donors (Lipinski definition) is 2. The number of allylic oxidation sites excluding steroid dienone is 1. The third-order valence-corrected chi connectivity index (χ3v) is 9.48. The molecule has 12 nitrogen and oxygen atoms in total.